The van der Waals surface area contributed by atoms with E-state index in [2.05, 4.69) is 30.4 Å². The maximum Gasteiger partial charge on any atom is 0.338 e. The van der Waals surface area contributed by atoms with E-state index >= 15 is 0 Å². The average molecular weight is 1240 g/mol. The summed E-state index contributed by atoms with van der Waals surface area (Å²) in [4.78, 5) is 105. The normalized spacial score (nSPS) is 20.3. The van der Waals surface area contributed by atoms with Crippen LogP contribution in [0.1, 0.15) is 49.9 Å². The molecule has 26 heteroatoms. The topological polar surface area (TPSA) is 233 Å². The molecule has 4 aromatic carbocycles. The third-order valence-corrected chi connectivity index (χ3v) is 17.7. The molecule has 4 saturated heterocycles. The van der Waals surface area contributed by atoms with Gasteiger partial charge in [0.15, 0.2) is 21.7 Å². The highest BCUT2D eigenvalue weighted by molar-refractivity contribution is 7.12. The van der Waals surface area contributed by atoms with E-state index < -0.39 is 24.0 Å². The molecule has 0 radical (unpaired) electrons. The van der Waals surface area contributed by atoms with E-state index in [1.165, 1.54) is 43.0 Å². The number of amides is 4. The summed E-state index contributed by atoms with van der Waals surface area (Å²) in [5.74, 6) is -0.314. The number of nitrogens with zero attached hydrogens (tertiary/aromatic N) is 10. The molecule has 4 fully saturated rings. The summed E-state index contributed by atoms with van der Waals surface area (Å²) in [6.45, 7) is 8.21. The van der Waals surface area contributed by atoms with E-state index in [9.17, 15) is 33.2 Å². The van der Waals surface area contributed by atoms with Crippen molar-refractivity contribution in [2.24, 2.45) is 9.98 Å². The number of aliphatic imine (C=N–C) groups is 2. The summed E-state index contributed by atoms with van der Waals surface area (Å²) in [5.41, 5.74) is 7.06. The number of rotatable bonds is 18. The Balaban J connectivity index is 0.000000180. The number of benzene rings is 4. The lowest BCUT2D eigenvalue weighted by atomic mass is 9.92. The van der Waals surface area contributed by atoms with Gasteiger partial charge in [-0.2, -0.15) is 0 Å². The minimum Gasteiger partial charge on any atom is -0.466 e. The summed E-state index contributed by atoms with van der Waals surface area (Å²) in [6.07, 6.45) is 3.40. The van der Waals surface area contributed by atoms with Crippen molar-refractivity contribution in [3.8, 4) is 0 Å². The second-order valence-corrected chi connectivity index (χ2v) is 23.3. The average Bonchev–Trinajstić information content (AvgIpc) is 4.10. The molecule has 6 aliphatic heterocycles. The first-order valence-electron chi connectivity index (χ1n) is 27.8. The second kappa shape index (κ2) is 26.8. The lowest BCUT2D eigenvalue weighted by Crippen LogP contribution is -2.53. The van der Waals surface area contributed by atoms with Crippen LogP contribution in [0, 0.1) is 12.7 Å². The summed E-state index contributed by atoms with van der Waals surface area (Å²) in [6, 6.07) is 25.3. The highest BCUT2D eigenvalue weighted by Crippen LogP contribution is 2.38. The smallest absolute Gasteiger partial charge is 0.338 e. The van der Waals surface area contributed by atoms with Crippen LogP contribution >= 0.6 is 34.3 Å². The number of carbonyl (C=O) groups excluding carboxylic acids is 6. The van der Waals surface area contributed by atoms with E-state index in [4.69, 9.17) is 40.5 Å². The fourth-order valence-electron chi connectivity index (χ4n) is 11.6. The molecular formula is C61H60ClFN12O10S2. The van der Waals surface area contributed by atoms with E-state index in [1.54, 1.807) is 53.4 Å². The van der Waals surface area contributed by atoms with Crippen molar-refractivity contribution >= 4 is 94.3 Å². The maximum atomic E-state index is 14.7. The van der Waals surface area contributed by atoms with Crippen LogP contribution in [0.5, 0.6) is 0 Å². The van der Waals surface area contributed by atoms with Crippen LogP contribution in [0.2, 0.25) is 5.02 Å². The number of nitrogens with one attached hydrogen (secondary N) is 2. The predicted octanol–water partition coefficient (Wildman–Crippen LogP) is 7.02. The monoisotopic (exact) mass is 1240 g/mol. The number of anilines is 2. The van der Waals surface area contributed by atoms with Crippen molar-refractivity contribution in [1.82, 2.24) is 40.2 Å². The van der Waals surface area contributed by atoms with E-state index in [0.29, 0.717) is 139 Å². The molecule has 0 saturated carbocycles. The first-order chi connectivity index (χ1) is 42.3. The third kappa shape index (κ3) is 13.0. The Morgan fingerprint density at radius 3 is 1.56 bits per heavy atom. The summed E-state index contributed by atoms with van der Waals surface area (Å²) >= 11 is 9.03. The third-order valence-electron chi connectivity index (χ3n) is 15.9. The van der Waals surface area contributed by atoms with Gasteiger partial charge in [-0.15, -0.1) is 22.7 Å². The Bertz CT molecular complexity index is 3670. The molecule has 0 unspecified atom stereocenters. The van der Waals surface area contributed by atoms with Crippen molar-refractivity contribution in [3.63, 3.8) is 0 Å². The predicted molar refractivity (Wildman–Crippen MR) is 324 cm³/mol. The van der Waals surface area contributed by atoms with Gasteiger partial charge in [-0.25, -0.2) is 33.5 Å². The van der Waals surface area contributed by atoms with Crippen LogP contribution in [-0.2, 0) is 51.3 Å². The van der Waals surface area contributed by atoms with Gasteiger partial charge in [-0.3, -0.25) is 39.2 Å². The maximum absolute atomic E-state index is 14.7. The van der Waals surface area contributed by atoms with Gasteiger partial charge in [-0.05, 0) is 77.2 Å². The van der Waals surface area contributed by atoms with Gasteiger partial charge in [0.05, 0.1) is 37.4 Å². The molecule has 0 spiro atoms. The second-order valence-electron chi connectivity index (χ2n) is 21.1. The molecule has 8 heterocycles. The number of urea groups is 2. The zero-order valence-electron chi connectivity index (χ0n) is 47.5. The number of esters is 2. The number of methoxy groups -OCH3 is 2. The van der Waals surface area contributed by atoms with Crippen LogP contribution in [0.15, 0.2) is 147 Å². The fraction of sp³-hybridized carbons (Fsp3) is 0.311. The van der Waals surface area contributed by atoms with Crippen molar-refractivity contribution in [1.29, 1.82) is 0 Å². The van der Waals surface area contributed by atoms with Gasteiger partial charge in [0.2, 0.25) is 0 Å². The standard InChI is InChI=1S/C31H31FN6O5S.C30H29ClN6O5S/c1-19-23(4-3-5-24(19)32)27-26(30(40)42-2)25(34-28(35-27)29-33-10-13-44-29)16-36-11-12-37-22(14-36)15-38(31(37)41)21-8-6-20(7-9-21)17-43-18-39;1-41-29(39)25-24(33-27(28-32-10-13-43-28)34-26(25)20-4-6-21(31)7-5-20)16-35-11-12-36-23(14-35)15-37(30(36)40)22-8-2-19(3-9-22)17-42-18-38/h3-10,13,18,22,27H,11-12,14-17H2,1-2H3,(H,34,35);2-10,13,18,23,26H,11-12,14-17H2,1H3,(H,33,34)/t22-,27-;23-,26-/m00/s1. The van der Waals surface area contributed by atoms with E-state index in [-0.39, 0.29) is 43.2 Å². The van der Waals surface area contributed by atoms with Gasteiger partial charge in [-0.1, -0.05) is 60.1 Å². The summed E-state index contributed by atoms with van der Waals surface area (Å²) in [7, 11) is 2.69. The van der Waals surface area contributed by atoms with Crippen LogP contribution in [-0.4, -0.2) is 170 Å². The molecule has 450 valence electrons. The number of halogens is 2. The van der Waals surface area contributed by atoms with Gasteiger partial charge < -0.3 is 39.4 Å². The number of hydrogen-bond donors (Lipinski definition) is 2. The number of carbonyl (C=O) groups is 6. The SMILES string of the molecule is COC(=O)C1=C(CN2CCN3C(=O)N(c4ccc(COC=O)cc4)C[C@@H]3C2)NC(c2nccs2)=N[C@H]1c1ccc(Cl)cc1.COC(=O)C1=C(CN2CCN3C(=O)N(c4ccc(COC=O)cc4)C[C@@H]3C2)NC(c2nccs2)=N[C@H]1c1cccc(F)c1C. The number of hydrogen-bond acceptors (Lipinski definition) is 20. The molecule has 87 heavy (non-hydrogen) atoms. The van der Waals surface area contributed by atoms with Crippen molar-refractivity contribution in [3.05, 3.63) is 185 Å². The zero-order chi connectivity index (χ0) is 60.7. The lowest BCUT2D eigenvalue weighted by Gasteiger charge is -2.38. The molecule has 4 amide bonds. The highest BCUT2D eigenvalue weighted by Gasteiger charge is 2.44. The minimum absolute atomic E-state index is 0.0238. The highest BCUT2D eigenvalue weighted by atomic mass is 35.5. The van der Waals surface area contributed by atoms with E-state index in [1.807, 2.05) is 81.2 Å². The number of fused-ring (bicyclic) bond motifs is 2. The molecule has 2 aromatic heterocycles. The molecule has 4 atom stereocenters. The zero-order valence-corrected chi connectivity index (χ0v) is 49.9. The molecule has 0 bridgehead atoms. The molecular weight excluding hydrogens is 1180 g/mol. The summed E-state index contributed by atoms with van der Waals surface area (Å²) in [5, 5.41) is 12.4. The molecule has 22 nitrogen and oxygen atoms in total. The largest absolute Gasteiger partial charge is 0.466 e. The first-order valence-corrected chi connectivity index (χ1v) is 30.0. The van der Waals surface area contributed by atoms with Crippen molar-refractivity contribution < 1.29 is 52.1 Å². The molecule has 6 aromatic rings. The number of aromatic nitrogens is 2. The Kier molecular flexibility index (Phi) is 18.4. The Labute approximate surface area is 513 Å². The number of thiazole rings is 2. The van der Waals surface area contributed by atoms with Crippen LogP contribution in [0.4, 0.5) is 25.4 Å². The van der Waals surface area contributed by atoms with Gasteiger partial charge >= 0.3 is 24.0 Å². The number of amidine groups is 2. The number of ether oxygens (including phenoxy) is 4. The molecule has 0 aliphatic carbocycles. The van der Waals surface area contributed by atoms with Gasteiger partial charge in [0.25, 0.3) is 12.9 Å². The summed E-state index contributed by atoms with van der Waals surface area (Å²) < 4.78 is 34.8. The Morgan fingerprint density at radius 2 is 1.11 bits per heavy atom. The Hall–Kier alpha value is -8.88. The fourth-order valence-corrected chi connectivity index (χ4v) is 12.9. The minimum atomic E-state index is -0.793. The van der Waals surface area contributed by atoms with Crippen LogP contribution in [0.3, 0.4) is 0 Å². The van der Waals surface area contributed by atoms with Gasteiger partial charge in [0.1, 0.15) is 31.1 Å². The van der Waals surface area contributed by atoms with Gasteiger partial charge in [0, 0.05) is 116 Å². The molecule has 6 aliphatic rings. The quantitative estimate of drug-likeness (QED) is 0.0500. The number of piperazine rings is 2. The van der Waals surface area contributed by atoms with Crippen LogP contribution in [0.25, 0.3) is 0 Å². The van der Waals surface area contributed by atoms with Crippen molar-refractivity contribution in [2.75, 3.05) is 89.5 Å². The van der Waals surface area contributed by atoms with E-state index in [0.717, 1.165) is 28.1 Å². The van der Waals surface area contributed by atoms with Crippen LogP contribution < -0.4 is 20.4 Å². The van der Waals surface area contributed by atoms with Crippen molar-refractivity contribution in [2.45, 2.75) is 44.3 Å². The Morgan fingerprint density at radius 1 is 0.644 bits per heavy atom. The molecule has 2 N–H and O–H groups in total. The first kappa shape index (κ1) is 59.8. The lowest BCUT2D eigenvalue weighted by molar-refractivity contribution is -0.137. The molecule has 12 rings (SSSR count).